The molecule has 0 atom stereocenters. The highest BCUT2D eigenvalue weighted by Gasteiger charge is 2.19. The molecule has 5 rings (SSSR count). The normalized spacial score (nSPS) is 11.1. The second-order valence-electron chi connectivity index (χ2n) is 8.75. The molecule has 0 spiro atoms. The molecule has 186 valence electrons. The summed E-state index contributed by atoms with van der Waals surface area (Å²) in [5, 5.41) is 6.83. The number of H-pyrrole nitrogens is 1. The number of fused-ring (bicyclic) bond motifs is 3. The molecule has 0 fully saturated rings. The summed E-state index contributed by atoms with van der Waals surface area (Å²) in [4.78, 5) is 46.1. The molecule has 0 radical (unpaired) electrons. The molecule has 0 saturated heterocycles. The van der Waals surface area contributed by atoms with E-state index in [0.717, 1.165) is 27.7 Å². The molecule has 2 aromatic heterocycles. The van der Waals surface area contributed by atoms with Gasteiger partial charge in [0, 0.05) is 29.2 Å². The Morgan fingerprint density at radius 3 is 2.49 bits per heavy atom. The van der Waals surface area contributed by atoms with Crippen molar-refractivity contribution in [2.75, 3.05) is 16.4 Å². The van der Waals surface area contributed by atoms with Crippen molar-refractivity contribution < 1.29 is 9.59 Å². The zero-order valence-electron chi connectivity index (χ0n) is 20.6. The van der Waals surface area contributed by atoms with E-state index in [1.165, 1.54) is 18.7 Å². The van der Waals surface area contributed by atoms with Gasteiger partial charge in [-0.05, 0) is 55.3 Å². The van der Waals surface area contributed by atoms with E-state index in [-0.39, 0.29) is 23.1 Å². The lowest BCUT2D eigenvalue weighted by Crippen LogP contribution is -2.23. The highest BCUT2D eigenvalue weighted by atomic mass is 32.2. The molecule has 0 unspecified atom stereocenters. The van der Waals surface area contributed by atoms with Gasteiger partial charge < -0.3 is 15.6 Å². The third-order valence-corrected chi connectivity index (χ3v) is 7.05. The lowest BCUT2D eigenvalue weighted by molar-refractivity contribution is -0.114. The maximum Gasteiger partial charge on any atom is 0.283 e. The zero-order valence-corrected chi connectivity index (χ0v) is 21.4. The minimum atomic E-state index is -0.259. The van der Waals surface area contributed by atoms with Gasteiger partial charge in [0.05, 0.1) is 11.4 Å². The lowest BCUT2D eigenvalue weighted by atomic mass is 10.1. The van der Waals surface area contributed by atoms with Gasteiger partial charge in [0.1, 0.15) is 11.0 Å². The standard InChI is InChI=1S/C28H25N5O3S/c1-16-8-6-13-23(17(16)2)33-27(36)26-25(21-11-4-5-12-22(21)31-26)32-28(33)37-15-24(35)30-20-10-7-9-19(14-20)29-18(3)34/h4-14,31H,15H2,1-3H3,(H,29,34)(H,30,35). The second-order valence-corrected chi connectivity index (χ2v) is 9.69. The Hall–Kier alpha value is -4.37. The fourth-order valence-electron chi connectivity index (χ4n) is 4.23. The van der Waals surface area contributed by atoms with Crippen LogP contribution in [0.5, 0.6) is 0 Å². The van der Waals surface area contributed by atoms with Crippen molar-refractivity contribution in [3.63, 3.8) is 0 Å². The first kappa shape index (κ1) is 24.3. The van der Waals surface area contributed by atoms with E-state index in [1.807, 2.05) is 56.3 Å². The highest BCUT2D eigenvalue weighted by Crippen LogP contribution is 2.28. The Labute approximate surface area is 217 Å². The number of aromatic nitrogens is 3. The number of hydrogen-bond donors (Lipinski definition) is 3. The van der Waals surface area contributed by atoms with Crippen LogP contribution in [0.15, 0.2) is 76.7 Å². The molecule has 3 N–H and O–H groups in total. The molecule has 2 amide bonds. The van der Waals surface area contributed by atoms with Gasteiger partial charge in [0.25, 0.3) is 5.56 Å². The second kappa shape index (κ2) is 9.94. The molecule has 9 heteroatoms. The summed E-state index contributed by atoms with van der Waals surface area (Å²) in [7, 11) is 0. The summed E-state index contributed by atoms with van der Waals surface area (Å²) in [6.07, 6.45) is 0. The number of aromatic amines is 1. The lowest BCUT2D eigenvalue weighted by Gasteiger charge is -2.15. The molecular weight excluding hydrogens is 486 g/mol. The topological polar surface area (TPSA) is 109 Å². The fraction of sp³-hybridized carbons (Fsp3) is 0.143. The molecule has 0 saturated carbocycles. The van der Waals surface area contributed by atoms with Gasteiger partial charge >= 0.3 is 0 Å². The van der Waals surface area contributed by atoms with Gasteiger partial charge in [0.15, 0.2) is 5.16 Å². The Morgan fingerprint density at radius 2 is 1.70 bits per heavy atom. The summed E-state index contributed by atoms with van der Waals surface area (Å²) < 4.78 is 1.58. The maximum atomic E-state index is 13.8. The van der Waals surface area contributed by atoms with Gasteiger partial charge in [-0.3, -0.25) is 19.0 Å². The monoisotopic (exact) mass is 511 g/mol. The van der Waals surface area contributed by atoms with E-state index in [4.69, 9.17) is 4.98 Å². The number of amides is 2. The van der Waals surface area contributed by atoms with E-state index >= 15 is 0 Å². The average molecular weight is 512 g/mol. The third kappa shape index (κ3) is 4.85. The van der Waals surface area contributed by atoms with Crippen LogP contribution < -0.4 is 16.2 Å². The summed E-state index contributed by atoms with van der Waals surface area (Å²) >= 11 is 1.20. The van der Waals surface area contributed by atoms with E-state index in [9.17, 15) is 14.4 Å². The van der Waals surface area contributed by atoms with Gasteiger partial charge in [-0.1, -0.05) is 48.2 Å². The SMILES string of the molecule is CC(=O)Nc1cccc(NC(=O)CSc2nc3c([nH]c4ccccc43)c(=O)n2-c2cccc(C)c2C)c1. The third-order valence-electron chi connectivity index (χ3n) is 6.11. The number of benzene rings is 3. The van der Waals surface area contributed by atoms with Gasteiger partial charge in [-0.2, -0.15) is 0 Å². The number of nitrogens with zero attached hydrogens (tertiary/aromatic N) is 2. The van der Waals surface area contributed by atoms with Crippen LogP contribution in [0.25, 0.3) is 27.6 Å². The molecule has 2 heterocycles. The van der Waals surface area contributed by atoms with Gasteiger partial charge in [0.2, 0.25) is 11.8 Å². The summed E-state index contributed by atoms with van der Waals surface area (Å²) in [5.41, 5.74) is 5.49. The number of carbonyl (C=O) groups is 2. The van der Waals surface area contributed by atoms with Crippen LogP contribution in [0.1, 0.15) is 18.1 Å². The molecule has 5 aromatic rings. The predicted molar refractivity (Wildman–Crippen MR) is 149 cm³/mol. The predicted octanol–water partition coefficient (Wildman–Crippen LogP) is 5.17. The van der Waals surface area contributed by atoms with Crippen LogP contribution in [0.4, 0.5) is 11.4 Å². The number of rotatable bonds is 6. The molecule has 0 bridgehead atoms. The molecule has 8 nitrogen and oxygen atoms in total. The van der Waals surface area contributed by atoms with Crippen molar-refractivity contribution in [3.8, 4) is 5.69 Å². The first-order valence-electron chi connectivity index (χ1n) is 11.7. The average Bonchev–Trinajstić information content (AvgIpc) is 3.24. The van der Waals surface area contributed by atoms with Crippen LogP contribution >= 0.6 is 11.8 Å². The Bertz CT molecular complexity index is 1740. The van der Waals surface area contributed by atoms with E-state index < -0.39 is 0 Å². The van der Waals surface area contributed by atoms with Crippen molar-refractivity contribution in [2.45, 2.75) is 25.9 Å². The first-order chi connectivity index (χ1) is 17.8. The van der Waals surface area contributed by atoms with Gasteiger partial charge in [-0.25, -0.2) is 4.98 Å². The Balaban J connectivity index is 1.52. The molecule has 0 aliphatic carbocycles. The van der Waals surface area contributed by atoms with Crippen molar-refractivity contribution in [2.24, 2.45) is 0 Å². The molecule has 0 aliphatic rings. The van der Waals surface area contributed by atoms with Crippen molar-refractivity contribution in [1.29, 1.82) is 0 Å². The smallest absolute Gasteiger partial charge is 0.283 e. The van der Waals surface area contributed by atoms with Crippen LogP contribution in [0, 0.1) is 13.8 Å². The number of thioether (sulfide) groups is 1. The molecule has 3 aromatic carbocycles. The van der Waals surface area contributed by atoms with E-state index in [2.05, 4.69) is 15.6 Å². The van der Waals surface area contributed by atoms with E-state index in [0.29, 0.717) is 27.6 Å². The molecule has 37 heavy (non-hydrogen) atoms. The van der Waals surface area contributed by atoms with Crippen molar-refractivity contribution in [3.05, 3.63) is 88.2 Å². The van der Waals surface area contributed by atoms with Crippen LogP contribution in [0.2, 0.25) is 0 Å². The number of carbonyl (C=O) groups excluding carboxylic acids is 2. The fourth-order valence-corrected chi connectivity index (χ4v) is 5.03. The Morgan fingerprint density at radius 1 is 0.973 bits per heavy atom. The van der Waals surface area contributed by atoms with Crippen LogP contribution in [-0.4, -0.2) is 32.1 Å². The number of nitrogens with one attached hydrogen (secondary N) is 3. The largest absolute Gasteiger partial charge is 0.349 e. The van der Waals surface area contributed by atoms with Gasteiger partial charge in [-0.15, -0.1) is 0 Å². The zero-order chi connectivity index (χ0) is 26.1. The number of aryl methyl sites for hydroxylation is 1. The molecule has 0 aliphatic heterocycles. The highest BCUT2D eigenvalue weighted by molar-refractivity contribution is 7.99. The molecular formula is C28H25N5O3S. The summed E-state index contributed by atoms with van der Waals surface area (Å²) in [5.74, 6) is -0.414. The summed E-state index contributed by atoms with van der Waals surface area (Å²) in [6, 6.07) is 20.4. The maximum absolute atomic E-state index is 13.8. The Kier molecular flexibility index (Phi) is 6.54. The van der Waals surface area contributed by atoms with Crippen LogP contribution in [-0.2, 0) is 9.59 Å². The van der Waals surface area contributed by atoms with Crippen molar-refractivity contribution in [1.82, 2.24) is 14.5 Å². The summed E-state index contributed by atoms with van der Waals surface area (Å²) in [6.45, 7) is 5.39. The quantitative estimate of drug-likeness (QED) is 0.215. The van der Waals surface area contributed by atoms with Crippen LogP contribution in [0.3, 0.4) is 0 Å². The number of para-hydroxylation sites is 1. The van der Waals surface area contributed by atoms with Crippen molar-refractivity contribution >= 4 is 56.9 Å². The minimum Gasteiger partial charge on any atom is -0.349 e. The number of anilines is 2. The minimum absolute atomic E-state index is 0.0372. The number of hydrogen-bond acceptors (Lipinski definition) is 5. The first-order valence-corrected chi connectivity index (χ1v) is 12.7. The van der Waals surface area contributed by atoms with E-state index in [1.54, 1.807) is 28.8 Å².